The molecule has 4 heteroatoms. The van der Waals surface area contributed by atoms with Crippen LogP contribution in [0.4, 0.5) is 5.69 Å². The summed E-state index contributed by atoms with van der Waals surface area (Å²) in [5, 5.41) is 12.5. The summed E-state index contributed by atoms with van der Waals surface area (Å²) >= 11 is 0. The average molecular weight is 249 g/mol. The van der Waals surface area contributed by atoms with E-state index >= 15 is 0 Å². The summed E-state index contributed by atoms with van der Waals surface area (Å²) < 4.78 is 0. The van der Waals surface area contributed by atoms with Crippen LogP contribution in [0.5, 0.6) is 0 Å². The number of anilines is 1. The van der Waals surface area contributed by atoms with Gasteiger partial charge in [-0.2, -0.15) is 0 Å². The van der Waals surface area contributed by atoms with Crippen molar-refractivity contribution >= 4 is 5.69 Å². The third-order valence-electron chi connectivity index (χ3n) is 3.54. The minimum atomic E-state index is 0.226. The molecular weight excluding hydrogens is 226 g/mol. The lowest BCUT2D eigenvalue weighted by Crippen LogP contribution is -2.41. The van der Waals surface area contributed by atoms with Crippen molar-refractivity contribution in [3.05, 3.63) is 24.0 Å². The van der Waals surface area contributed by atoms with Crippen LogP contribution in [0.25, 0.3) is 0 Å². The predicted octanol–water partition coefficient (Wildman–Crippen LogP) is 1.86. The van der Waals surface area contributed by atoms with Crippen molar-refractivity contribution in [3.8, 4) is 0 Å². The minimum Gasteiger partial charge on any atom is -0.395 e. The molecule has 100 valence electrons. The second kappa shape index (κ2) is 6.71. The highest BCUT2D eigenvalue weighted by atomic mass is 16.3. The molecule has 1 aromatic rings. The van der Waals surface area contributed by atoms with Gasteiger partial charge in [-0.05, 0) is 31.9 Å². The van der Waals surface area contributed by atoms with Crippen LogP contribution in [-0.2, 0) is 6.54 Å². The highest BCUT2D eigenvalue weighted by molar-refractivity contribution is 5.42. The van der Waals surface area contributed by atoms with E-state index in [1.807, 2.05) is 12.3 Å². The van der Waals surface area contributed by atoms with Crippen LogP contribution in [0.1, 0.15) is 31.9 Å². The smallest absolute Gasteiger partial charge is 0.0564 e. The van der Waals surface area contributed by atoms with E-state index in [0.717, 1.165) is 31.0 Å². The molecule has 0 radical (unpaired) electrons. The molecule has 2 rings (SSSR count). The van der Waals surface area contributed by atoms with Crippen molar-refractivity contribution in [2.75, 3.05) is 25.0 Å². The molecule has 0 atom stereocenters. The molecule has 0 aliphatic heterocycles. The molecule has 0 bridgehead atoms. The third kappa shape index (κ3) is 3.43. The molecule has 0 saturated heterocycles. The lowest BCUT2D eigenvalue weighted by atomic mass is 9.91. The maximum atomic E-state index is 9.15. The lowest BCUT2D eigenvalue weighted by Gasteiger charge is -2.37. The van der Waals surface area contributed by atoms with Gasteiger partial charge in [0.2, 0.25) is 0 Å². The topological polar surface area (TPSA) is 48.4 Å². The van der Waals surface area contributed by atoms with E-state index in [9.17, 15) is 0 Å². The van der Waals surface area contributed by atoms with Gasteiger partial charge in [0.1, 0.15) is 0 Å². The van der Waals surface area contributed by atoms with Gasteiger partial charge in [0, 0.05) is 37.6 Å². The summed E-state index contributed by atoms with van der Waals surface area (Å²) in [6, 6.07) is 4.74. The summed E-state index contributed by atoms with van der Waals surface area (Å²) in [6.07, 6.45) is 5.68. The first-order chi connectivity index (χ1) is 8.83. The van der Waals surface area contributed by atoms with E-state index in [4.69, 9.17) is 5.11 Å². The number of rotatable bonds is 7. The van der Waals surface area contributed by atoms with Crippen LogP contribution in [0.15, 0.2) is 18.3 Å². The Morgan fingerprint density at radius 3 is 2.94 bits per heavy atom. The fraction of sp³-hybridized carbons (Fsp3) is 0.643. The highest BCUT2D eigenvalue weighted by Crippen LogP contribution is 2.25. The molecule has 1 aliphatic rings. The Morgan fingerprint density at radius 1 is 1.50 bits per heavy atom. The van der Waals surface area contributed by atoms with E-state index in [-0.39, 0.29) is 6.61 Å². The Morgan fingerprint density at radius 2 is 2.33 bits per heavy atom. The monoisotopic (exact) mass is 249 g/mol. The molecule has 0 spiro atoms. The second-order valence-electron chi connectivity index (χ2n) is 4.84. The van der Waals surface area contributed by atoms with Gasteiger partial charge in [-0.25, -0.2) is 0 Å². The largest absolute Gasteiger partial charge is 0.395 e. The number of aromatic nitrogens is 1. The molecule has 1 aliphatic carbocycles. The number of aliphatic hydroxyl groups excluding tert-OH is 1. The number of aliphatic hydroxyl groups is 1. The average Bonchev–Trinajstić information content (AvgIpc) is 2.28. The standard InChI is InChI=1S/C14H23N3O/c1-2-15-12-6-7-16-13(10-12)11-17(8-9-18)14-4-3-5-14/h6-7,10,14,18H,2-5,8-9,11H2,1H3,(H,15,16). The Hall–Kier alpha value is -1.13. The molecular formula is C14H23N3O. The number of nitrogens with zero attached hydrogens (tertiary/aromatic N) is 2. The van der Waals surface area contributed by atoms with Gasteiger partial charge in [0.05, 0.1) is 12.3 Å². The Labute approximate surface area is 109 Å². The summed E-state index contributed by atoms with van der Waals surface area (Å²) in [6.45, 7) is 4.82. The number of hydrogen-bond acceptors (Lipinski definition) is 4. The zero-order valence-electron chi connectivity index (χ0n) is 11.1. The first-order valence-electron chi connectivity index (χ1n) is 6.87. The third-order valence-corrected chi connectivity index (χ3v) is 3.54. The molecule has 1 saturated carbocycles. The first-order valence-corrected chi connectivity index (χ1v) is 6.87. The highest BCUT2D eigenvalue weighted by Gasteiger charge is 2.24. The molecule has 0 amide bonds. The minimum absolute atomic E-state index is 0.226. The Balaban J connectivity index is 1.98. The van der Waals surface area contributed by atoms with Gasteiger partial charge < -0.3 is 10.4 Å². The van der Waals surface area contributed by atoms with E-state index in [0.29, 0.717) is 6.04 Å². The van der Waals surface area contributed by atoms with Crippen molar-refractivity contribution in [3.63, 3.8) is 0 Å². The quantitative estimate of drug-likeness (QED) is 0.774. The SMILES string of the molecule is CCNc1ccnc(CN(CCO)C2CCC2)c1. The van der Waals surface area contributed by atoms with Crippen LogP contribution < -0.4 is 5.32 Å². The van der Waals surface area contributed by atoms with E-state index in [1.54, 1.807) is 0 Å². The van der Waals surface area contributed by atoms with Crippen LogP contribution in [0.3, 0.4) is 0 Å². The molecule has 0 unspecified atom stereocenters. The normalized spacial score (nSPS) is 15.7. The second-order valence-corrected chi connectivity index (χ2v) is 4.84. The molecule has 1 heterocycles. The summed E-state index contributed by atoms with van der Waals surface area (Å²) in [7, 11) is 0. The molecule has 4 nitrogen and oxygen atoms in total. The summed E-state index contributed by atoms with van der Waals surface area (Å²) in [5.41, 5.74) is 2.20. The predicted molar refractivity (Wildman–Crippen MR) is 73.5 cm³/mol. The molecule has 1 fully saturated rings. The summed E-state index contributed by atoms with van der Waals surface area (Å²) in [4.78, 5) is 6.77. The zero-order chi connectivity index (χ0) is 12.8. The van der Waals surface area contributed by atoms with Gasteiger partial charge in [-0.1, -0.05) is 6.42 Å². The lowest BCUT2D eigenvalue weighted by molar-refractivity contribution is 0.0934. The number of pyridine rings is 1. The van der Waals surface area contributed by atoms with Crippen molar-refractivity contribution in [2.24, 2.45) is 0 Å². The molecule has 18 heavy (non-hydrogen) atoms. The van der Waals surface area contributed by atoms with Gasteiger partial charge in [0.15, 0.2) is 0 Å². The zero-order valence-corrected chi connectivity index (χ0v) is 11.1. The maximum Gasteiger partial charge on any atom is 0.0564 e. The van der Waals surface area contributed by atoms with Crippen LogP contribution >= 0.6 is 0 Å². The fourth-order valence-electron chi connectivity index (χ4n) is 2.36. The maximum absolute atomic E-state index is 9.15. The van der Waals surface area contributed by atoms with Gasteiger partial charge in [0.25, 0.3) is 0 Å². The molecule has 0 aromatic carbocycles. The number of nitrogens with one attached hydrogen (secondary N) is 1. The number of hydrogen-bond donors (Lipinski definition) is 2. The van der Waals surface area contributed by atoms with Crippen LogP contribution in [0.2, 0.25) is 0 Å². The van der Waals surface area contributed by atoms with Crippen LogP contribution in [-0.4, -0.2) is 40.7 Å². The van der Waals surface area contributed by atoms with Gasteiger partial charge in [-0.15, -0.1) is 0 Å². The van der Waals surface area contributed by atoms with Crippen LogP contribution in [0, 0.1) is 0 Å². The first kappa shape index (κ1) is 13.3. The Kier molecular flexibility index (Phi) is 4.96. The van der Waals surface area contributed by atoms with Crippen molar-refractivity contribution in [1.82, 2.24) is 9.88 Å². The van der Waals surface area contributed by atoms with E-state index < -0.39 is 0 Å². The van der Waals surface area contributed by atoms with Crippen molar-refractivity contribution < 1.29 is 5.11 Å². The fourth-order valence-corrected chi connectivity index (χ4v) is 2.36. The van der Waals surface area contributed by atoms with Gasteiger partial charge >= 0.3 is 0 Å². The summed E-state index contributed by atoms with van der Waals surface area (Å²) in [5.74, 6) is 0. The van der Waals surface area contributed by atoms with Crippen molar-refractivity contribution in [1.29, 1.82) is 0 Å². The van der Waals surface area contributed by atoms with Gasteiger partial charge in [-0.3, -0.25) is 9.88 Å². The van der Waals surface area contributed by atoms with E-state index in [1.165, 1.54) is 19.3 Å². The molecule has 1 aromatic heterocycles. The Bertz CT molecular complexity index is 366. The van der Waals surface area contributed by atoms with E-state index in [2.05, 4.69) is 28.2 Å². The van der Waals surface area contributed by atoms with Crippen molar-refractivity contribution in [2.45, 2.75) is 38.8 Å². The molecule has 2 N–H and O–H groups in total.